The average molecular weight is 593 g/mol. The molecule has 3 aromatic rings. The normalized spacial score (nSPS) is 18.5. The summed E-state index contributed by atoms with van der Waals surface area (Å²) in [5.74, 6) is -0.840. The van der Waals surface area contributed by atoms with E-state index in [2.05, 4.69) is 26.2 Å². The lowest BCUT2D eigenvalue weighted by Crippen LogP contribution is -2.58. The van der Waals surface area contributed by atoms with Gasteiger partial charge in [-0.1, -0.05) is 31.2 Å². The number of morpholine rings is 1. The number of anilines is 1. The molecule has 5 rings (SSSR count). The Hall–Kier alpha value is -4.39. The van der Waals surface area contributed by atoms with Gasteiger partial charge >= 0.3 is 6.03 Å². The van der Waals surface area contributed by atoms with E-state index in [1.54, 1.807) is 54.1 Å². The van der Waals surface area contributed by atoms with Crippen molar-refractivity contribution in [2.75, 3.05) is 44.7 Å². The van der Waals surface area contributed by atoms with E-state index in [1.807, 2.05) is 6.07 Å². The predicted molar refractivity (Wildman–Crippen MR) is 156 cm³/mol. The summed E-state index contributed by atoms with van der Waals surface area (Å²) in [5.41, 5.74) is 2.20. The number of carbonyl (C=O) groups excluding carboxylic acids is 3. The molecule has 12 nitrogen and oxygen atoms in total. The maximum absolute atomic E-state index is 13.8. The number of urea groups is 1. The molecule has 13 heteroatoms. The van der Waals surface area contributed by atoms with E-state index >= 15 is 0 Å². The van der Waals surface area contributed by atoms with Crippen LogP contribution in [0.2, 0.25) is 0 Å². The lowest BCUT2D eigenvalue weighted by molar-refractivity contribution is -0.146. The second-order valence-electron chi connectivity index (χ2n) is 11.1. The van der Waals surface area contributed by atoms with Crippen LogP contribution in [0.3, 0.4) is 0 Å². The molecule has 3 atom stereocenters. The van der Waals surface area contributed by atoms with Crippen LogP contribution in [0.1, 0.15) is 25.3 Å². The topological polar surface area (TPSA) is 135 Å². The van der Waals surface area contributed by atoms with E-state index in [1.165, 1.54) is 16.8 Å². The fraction of sp³-hybridized carbons (Fsp3) is 0.467. The van der Waals surface area contributed by atoms with Gasteiger partial charge in [0.15, 0.2) is 5.82 Å². The highest BCUT2D eigenvalue weighted by molar-refractivity contribution is 5.97. The Morgan fingerprint density at radius 1 is 1.05 bits per heavy atom. The zero-order chi connectivity index (χ0) is 30.3. The lowest BCUT2D eigenvalue weighted by Gasteiger charge is -2.37. The van der Waals surface area contributed by atoms with E-state index in [-0.39, 0.29) is 23.5 Å². The molecule has 0 spiro atoms. The molecule has 2 aliphatic rings. The summed E-state index contributed by atoms with van der Waals surface area (Å²) >= 11 is 0. The van der Waals surface area contributed by atoms with Gasteiger partial charge in [-0.15, -0.1) is 5.10 Å². The fourth-order valence-electron chi connectivity index (χ4n) is 5.72. The molecular formula is C30H37FN8O4. The third-order valence-electron chi connectivity index (χ3n) is 8.03. The number of hydrogen-bond donors (Lipinski definition) is 2. The first-order valence-corrected chi connectivity index (χ1v) is 14.6. The maximum atomic E-state index is 13.8. The Bertz CT molecular complexity index is 1430. The van der Waals surface area contributed by atoms with Crippen LogP contribution in [0.25, 0.3) is 11.4 Å². The van der Waals surface area contributed by atoms with Crippen molar-refractivity contribution in [1.82, 2.24) is 35.3 Å². The Kier molecular flexibility index (Phi) is 9.60. The van der Waals surface area contributed by atoms with Crippen molar-refractivity contribution in [1.29, 1.82) is 0 Å². The van der Waals surface area contributed by atoms with Gasteiger partial charge in [-0.3, -0.25) is 9.59 Å². The molecule has 2 aromatic carbocycles. The number of aryl methyl sites for hydroxylation is 1. The maximum Gasteiger partial charge on any atom is 0.319 e. The second-order valence-corrected chi connectivity index (χ2v) is 11.1. The zero-order valence-corrected chi connectivity index (χ0v) is 24.4. The number of amides is 4. The molecule has 0 radical (unpaired) electrons. The van der Waals surface area contributed by atoms with Gasteiger partial charge in [0, 0.05) is 44.5 Å². The van der Waals surface area contributed by atoms with Crippen LogP contribution < -0.4 is 10.6 Å². The summed E-state index contributed by atoms with van der Waals surface area (Å²) in [6.45, 7) is 4.37. The molecular weight excluding hydrogens is 555 g/mol. The van der Waals surface area contributed by atoms with Crippen LogP contribution in [-0.4, -0.2) is 93.3 Å². The summed E-state index contributed by atoms with van der Waals surface area (Å²) in [4.78, 5) is 44.2. The Morgan fingerprint density at radius 2 is 1.81 bits per heavy atom. The molecule has 2 N–H and O–H groups in total. The molecule has 2 fully saturated rings. The summed E-state index contributed by atoms with van der Waals surface area (Å²) in [5, 5.41) is 17.1. The SMILES string of the molecule is CC(C(=O)N1CCC[C@@H](Cc2ccc(F)cc2)C1)[C@H](NC(=O)Nc1cccc(-c2nnnn2C)c1)C(=O)N1CCOCC1. The first-order valence-electron chi connectivity index (χ1n) is 14.6. The highest BCUT2D eigenvalue weighted by Gasteiger charge is 2.38. The lowest BCUT2D eigenvalue weighted by atomic mass is 9.90. The number of hydrogen-bond acceptors (Lipinski definition) is 7. The van der Waals surface area contributed by atoms with Gasteiger partial charge < -0.3 is 25.2 Å². The van der Waals surface area contributed by atoms with Gasteiger partial charge in [-0.05, 0) is 65.4 Å². The standard InChI is InChI=1S/C30H37FN8O4/c1-20(28(40)39-12-4-5-22(19-39)17-21-8-10-24(31)11-9-21)26(29(41)38-13-15-43-16-14-38)33-30(42)32-25-7-3-6-23(18-25)27-34-35-36-37(27)2/h3,6-11,18,20,22,26H,4-5,12-17,19H2,1-2H3,(H2,32,33,42)/t20?,22-,26-/m0/s1. The van der Waals surface area contributed by atoms with Crippen LogP contribution >= 0.6 is 0 Å². The van der Waals surface area contributed by atoms with Crippen LogP contribution in [0.5, 0.6) is 0 Å². The largest absolute Gasteiger partial charge is 0.378 e. The molecule has 2 saturated heterocycles. The average Bonchev–Trinajstić information content (AvgIpc) is 3.46. The van der Waals surface area contributed by atoms with E-state index in [4.69, 9.17) is 4.74 Å². The number of benzene rings is 2. The van der Waals surface area contributed by atoms with Gasteiger partial charge in [0.1, 0.15) is 11.9 Å². The van der Waals surface area contributed by atoms with E-state index in [0.717, 1.165) is 24.8 Å². The van der Waals surface area contributed by atoms with Crippen LogP contribution in [0.15, 0.2) is 48.5 Å². The molecule has 0 bridgehead atoms. The van der Waals surface area contributed by atoms with Gasteiger partial charge in [0.2, 0.25) is 11.8 Å². The number of likely N-dealkylation sites (tertiary alicyclic amines) is 1. The third kappa shape index (κ3) is 7.53. The van der Waals surface area contributed by atoms with Crippen LogP contribution in [-0.2, 0) is 27.8 Å². The number of halogens is 1. The first-order chi connectivity index (χ1) is 20.8. The smallest absolute Gasteiger partial charge is 0.319 e. The highest BCUT2D eigenvalue weighted by Crippen LogP contribution is 2.24. The number of ether oxygens (including phenoxy) is 1. The summed E-state index contributed by atoms with van der Waals surface area (Å²) in [6.07, 6.45) is 2.52. The van der Waals surface area contributed by atoms with Gasteiger partial charge in [0.05, 0.1) is 19.1 Å². The number of piperidine rings is 1. The van der Waals surface area contributed by atoms with E-state index in [9.17, 15) is 18.8 Å². The number of tetrazole rings is 1. The monoisotopic (exact) mass is 592 g/mol. The Balaban J connectivity index is 1.28. The van der Waals surface area contributed by atoms with Gasteiger partial charge in [-0.2, -0.15) is 0 Å². The van der Waals surface area contributed by atoms with Crippen LogP contribution in [0, 0.1) is 17.7 Å². The van der Waals surface area contributed by atoms with Crippen molar-refractivity contribution in [3.05, 3.63) is 59.9 Å². The number of nitrogens with zero attached hydrogens (tertiary/aromatic N) is 6. The van der Waals surface area contributed by atoms with Crippen molar-refractivity contribution in [3.63, 3.8) is 0 Å². The van der Waals surface area contributed by atoms with Crippen LogP contribution in [0.4, 0.5) is 14.9 Å². The van der Waals surface area contributed by atoms with Crippen molar-refractivity contribution in [3.8, 4) is 11.4 Å². The third-order valence-corrected chi connectivity index (χ3v) is 8.03. The first kappa shape index (κ1) is 30.1. The molecule has 4 amide bonds. The van der Waals surface area contributed by atoms with E-state index < -0.39 is 18.0 Å². The Morgan fingerprint density at radius 3 is 2.53 bits per heavy atom. The predicted octanol–water partition coefficient (Wildman–Crippen LogP) is 2.48. The number of aromatic nitrogens is 4. The van der Waals surface area contributed by atoms with E-state index in [0.29, 0.717) is 56.5 Å². The minimum absolute atomic E-state index is 0.188. The zero-order valence-electron chi connectivity index (χ0n) is 24.4. The highest BCUT2D eigenvalue weighted by atomic mass is 19.1. The van der Waals surface area contributed by atoms with Crippen molar-refractivity contribution < 1.29 is 23.5 Å². The minimum Gasteiger partial charge on any atom is -0.378 e. The molecule has 2 aliphatic heterocycles. The Labute approximate surface area is 249 Å². The summed E-state index contributed by atoms with van der Waals surface area (Å²) < 4.78 is 20.3. The molecule has 228 valence electrons. The van der Waals surface area contributed by atoms with Gasteiger partial charge in [0.25, 0.3) is 0 Å². The van der Waals surface area contributed by atoms with Crippen molar-refractivity contribution >= 4 is 23.5 Å². The van der Waals surface area contributed by atoms with Crippen molar-refractivity contribution in [2.24, 2.45) is 18.9 Å². The van der Waals surface area contributed by atoms with Gasteiger partial charge in [-0.25, -0.2) is 13.9 Å². The number of carbonyl (C=O) groups is 3. The quantitative estimate of drug-likeness (QED) is 0.411. The second kappa shape index (κ2) is 13.7. The molecule has 3 heterocycles. The molecule has 0 saturated carbocycles. The molecule has 1 aromatic heterocycles. The van der Waals surface area contributed by atoms with Crippen molar-refractivity contribution in [2.45, 2.75) is 32.2 Å². The summed E-state index contributed by atoms with van der Waals surface area (Å²) in [6, 6.07) is 11.8. The number of rotatable bonds is 8. The minimum atomic E-state index is -1.07. The molecule has 43 heavy (non-hydrogen) atoms. The molecule has 0 aliphatic carbocycles. The summed E-state index contributed by atoms with van der Waals surface area (Å²) in [7, 11) is 1.72. The number of nitrogens with one attached hydrogen (secondary N) is 2. The fourth-order valence-corrected chi connectivity index (χ4v) is 5.72. The molecule has 1 unspecified atom stereocenters.